The molecule has 0 unspecified atom stereocenters. The maximum atomic E-state index is 5.32. The van der Waals surface area contributed by atoms with Crippen molar-refractivity contribution in [2.75, 3.05) is 42.4 Å². The zero-order valence-corrected chi connectivity index (χ0v) is 11.9. The molecule has 0 spiro atoms. The molecule has 5 nitrogen and oxygen atoms in total. The van der Waals surface area contributed by atoms with Crippen molar-refractivity contribution in [1.29, 1.82) is 0 Å². The van der Waals surface area contributed by atoms with Crippen molar-refractivity contribution in [2.45, 2.75) is 0 Å². The second-order valence-electron chi connectivity index (χ2n) is 4.21. The van der Waals surface area contributed by atoms with Gasteiger partial charge in [-0.1, -0.05) is 6.07 Å². The van der Waals surface area contributed by atoms with Crippen LogP contribution in [-0.4, -0.2) is 58.2 Å². The van der Waals surface area contributed by atoms with E-state index in [4.69, 9.17) is 9.47 Å². The van der Waals surface area contributed by atoms with E-state index in [1.165, 1.54) is 0 Å². The van der Waals surface area contributed by atoms with Crippen molar-refractivity contribution < 1.29 is 9.47 Å². The Bertz CT molecular complexity index is 396. The second kappa shape index (κ2) is 6.14. The van der Waals surface area contributed by atoms with Crippen molar-refractivity contribution in [3.8, 4) is 11.5 Å². The molecule has 1 rings (SSSR count). The van der Waals surface area contributed by atoms with E-state index < -0.39 is 0 Å². The van der Waals surface area contributed by atoms with Crippen LogP contribution in [0.4, 0.5) is 5.69 Å². The minimum absolute atomic E-state index is 0.690. The Hall–Kier alpha value is -1.91. The first kappa shape index (κ1) is 14.2. The summed E-state index contributed by atoms with van der Waals surface area (Å²) in [5, 5.41) is 0. The summed E-state index contributed by atoms with van der Waals surface area (Å²) >= 11 is 0. The molecule has 1 aromatic carbocycles. The number of benzene rings is 1. The fourth-order valence-electron chi connectivity index (χ4n) is 1.64. The number of nitrogens with zero attached hydrogens (tertiary/aromatic N) is 3. The van der Waals surface area contributed by atoms with Crippen molar-refractivity contribution >= 4 is 11.6 Å². The molecule has 0 aliphatic carbocycles. The SMILES string of the molecule is COc1cccc(OC)c1N=C(N(C)C)N(C)C. The van der Waals surface area contributed by atoms with E-state index in [-0.39, 0.29) is 0 Å². The van der Waals surface area contributed by atoms with Gasteiger partial charge >= 0.3 is 0 Å². The molecule has 18 heavy (non-hydrogen) atoms. The van der Waals surface area contributed by atoms with Gasteiger partial charge in [-0.15, -0.1) is 0 Å². The maximum absolute atomic E-state index is 5.32. The fourth-order valence-corrected chi connectivity index (χ4v) is 1.64. The number of methoxy groups -OCH3 is 2. The summed E-state index contributed by atoms with van der Waals surface area (Å²) in [7, 11) is 11.0. The molecule has 0 N–H and O–H groups in total. The molecule has 0 aromatic heterocycles. The number of rotatable bonds is 3. The second-order valence-corrected chi connectivity index (χ2v) is 4.21. The van der Waals surface area contributed by atoms with Gasteiger partial charge in [0.1, 0.15) is 11.5 Å². The third kappa shape index (κ3) is 3.06. The van der Waals surface area contributed by atoms with Crippen LogP contribution >= 0.6 is 0 Å². The van der Waals surface area contributed by atoms with Gasteiger partial charge in [0.15, 0.2) is 5.69 Å². The lowest BCUT2D eigenvalue weighted by atomic mass is 10.2. The first-order chi connectivity index (χ1) is 8.51. The highest BCUT2D eigenvalue weighted by Crippen LogP contribution is 2.37. The quantitative estimate of drug-likeness (QED) is 0.606. The van der Waals surface area contributed by atoms with E-state index in [0.717, 1.165) is 5.96 Å². The fraction of sp³-hybridized carbons (Fsp3) is 0.462. The number of para-hydroxylation sites is 1. The van der Waals surface area contributed by atoms with Crippen LogP contribution in [0.15, 0.2) is 23.2 Å². The summed E-state index contributed by atoms with van der Waals surface area (Å²) in [6.45, 7) is 0. The van der Waals surface area contributed by atoms with Crippen LogP contribution in [0.5, 0.6) is 11.5 Å². The summed E-state index contributed by atoms with van der Waals surface area (Å²) in [6, 6.07) is 5.61. The highest BCUT2D eigenvalue weighted by atomic mass is 16.5. The van der Waals surface area contributed by atoms with Crippen LogP contribution in [-0.2, 0) is 0 Å². The Morgan fingerprint density at radius 2 is 1.39 bits per heavy atom. The van der Waals surface area contributed by atoms with Crippen LogP contribution in [0.3, 0.4) is 0 Å². The van der Waals surface area contributed by atoms with Gasteiger partial charge in [-0.25, -0.2) is 4.99 Å². The molecule has 0 radical (unpaired) electrons. The lowest BCUT2D eigenvalue weighted by Crippen LogP contribution is -2.35. The summed E-state index contributed by atoms with van der Waals surface area (Å²) in [4.78, 5) is 8.49. The molecule has 0 bridgehead atoms. The van der Waals surface area contributed by atoms with Crippen LogP contribution < -0.4 is 9.47 Å². The molecule has 100 valence electrons. The molecule has 0 fully saturated rings. The molecule has 0 atom stereocenters. The molecule has 1 aromatic rings. The first-order valence-electron chi connectivity index (χ1n) is 5.65. The molecule has 0 saturated heterocycles. The predicted octanol–water partition coefficient (Wildman–Crippen LogP) is 1.81. The molecule has 0 amide bonds. The topological polar surface area (TPSA) is 37.3 Å². The largest absolute Gasteiger partial charge is 0.494 e. The third-order valence-electron chi connectivity index (χ3n) is 2.41. The van der Waals surface area contributed by atoms with E-state index in [1.807, 2.05) is 56.2 Å². The van der Waals surface area contributed by atoms with Crippen LogP contribution in [0.1, 0.15) is 0 Å². The van der Waals surface area contributed by atoms with Crippen molar-refractivity contribution in [1.82, 2.24) is 9.80 Å². The highest BCUT2D eigenvalue weighted by Gasteiger charge is 2.12. The van der Waals surface area contributed by atoms with Crippen LogP contribution in [0.2, 0.25) is 0 Å². The van der Waals surface area contributed by atoms with Crippen molar-refractivity contribution in [3.05, 3.63) is 18.2 Å². The lowest BCUT2D eigenvalue weighted by Gasteiger charge is -2.23. The normalized spacial score (nSPS) is 9.67. The Kier molecular flexibility index (Phi) is 4.83. The van der Waals surface area contributed by atoms with E-state index in [9.17, 15) is 0 Å². The van der Waals surface area contributed by atoms with Gasteiger partial charge in [0.05, 0.1) is 14.2 Å². The molecule has 0 aliphatic rings. The monoisotopic (exact) mass is 251 g/mol. The molecule has 0 saturated carbocycles. The standard InChI is InChI=1S/C13H21N3O2/c1-15(2)13(16(3)4)14-12-10(17-5)8-7-9-11(12)18-6/h7-9H,1-6H3. The average Bonchev–Trinajstić information content (AvgIpc) is 2.34. The third-order valence-corrected chi connectivity index (χ3v) is 2.41. The predicted molar refractivity (Wildman–Crippen MR) is 74.0 cm³/mol. The van der Waals surface area contributed by atoms with E-state index >= 15 is 0 Å². The Balaban J connectivity index is 3.34. The van der Waals surface area contributed by atoms with Crippen LogP contribution in [0.25, 0.3) is 0 Å². The highest BCUT2D eigenvalue weighted by molar-refractivity contribution is 5.84. The smallest absolute Gasteiger partial charge is 0.201 e. The molecule has 0 heterocycles. The van der Waals surface area contributed by atoms with Crippen molar-refractivity contribution in [3.63, 3.8) is 0 Å². The number of ether oxygens (including phenoxy) is 2. The summed E-state index contributed by atoms with van der Waals surface area (Å²) in [6.07, 6.45) is 0. The Morgan fingerprint density at radius 3 is 1.72 bits per heavy atom. The average molecular weight is 251 g/mol. The van der Waals surface area contributed by atoms with Gasteiger partial charge in [-0.3, -0.25) is 0 Å². The Labute approximate surface area is 109 Å². The zero-order valence-electron chi connectivity index (χ0n) is 11.9. The number of hydrogen-bond acceptors (Lipinski definition) is 3. The number of guanidine groups is 1. The van der Waals surface area contributed by atoms with Gasteiger partial charge in [0.2, 0.25) is 5.96 Å². The summed E-state index contributed by atoms with van der Waals surface area (Å²) in [5.41, 5.74) is 0.694. The van der Waals surface area contributed by atoms with Gasteiger partial charge in [-0.05, 0) is 12.1 Å². The minimum atomic E-state index is 0.690. The van der Waals surface area contributed by atoms with Crippen LogP contribution in [0, 0.1) is 0 Å². The zero-order chi connectivity index (χ0) is 13.7. The lowest BCUT2D eigenvalue weighted by molar-refractivity contribution is 0.396. The minimum Gasteiger partial charge on any atom is -0.494 e. The molecular weight excluding hydrogens is 230 g/mol. The molecular formula is C13H21N3O2. The van der Waals surface area contributed by atoms with Gasteiger partial charge in [0.25, 0.3) is 0 Å². The van der Waals surface area contributed by atoms with E-state index in [2.05, 4.69) is 4.99 Å². The number of hydrogen-bond donors (Lipinski definition) is 0. The van der Waals surface area contributed by atoms with Gasteiger partial charge in [-0.2, -0.15) is 0 Å². The first-order valence-corrected chi connectivity index (χ1v) is 5.65. The van der Waals surface area contributed by atoms with Crippen molar-refractivity contribution in [2.24, 2.45) is 4.99 Å². The summed E-state index contributed by atoms with van der Waals surface area (Å²) < 4.78 is 10.6. The molecule has 5 heteroatoms. The Morgan fingerprint density at radius 1 is 0.944 bits per heavy atom. The van der Waals surface area contributed by atoms with Gasteiger partial charge < -0.3 is 19.3 Å². The van der Waals surface area contributed by atoms with E-state index in [1.54, 1.807) is 14.2 Å². The number of aliphatic imine (C=N–C) groups is 1. The summed E-state index contributed by atoms with van der Waals surface area (Å²) in [5.74, 6) is 2.20. The van der Waals surface area contributed by atoms with Gasteiger partial charge in [0, 0.05) is 28.2 Å². The van der Waals surface area contributed by atoms with E-state index in [0.29, 0.717) is 17.2 Å². The molecule has 0 aliphatic heterocycles. The maximum Gasteiger partial charge on any atom is 0.201 e.